The molecule has 0 saturated carbocycles. The van der Waals surface area contributed by atoms with E-state index >= 15 is 0 Å². The van der Waals surface area contributed by atoms with Gasteiger partial charge in [-0.15, -0.1) is 0 Å². The van der Waals surface area contributed by atoms with E-state index in [-0.39, 0.29) is 0 Å². The second-order valence-corrected chi connectivity index (χ2v) is 5.23. The normalized spacial score (nSPS) is 12.6. The van der Waals surface area contributed by atoms with Crippen LogP contribution in [0.25, 0.3) is 0 Å². The molecule has 0 radical (unpaired) electrons. The van der Waals surface area contributed by atoms with E-state index in [1.54, 1.807) is 0 Å². The molecule has 0 amide bonds. The molecular formula is C12H23I. The molecule has 1 atom stereocenters. The van der Waals surface area contributed by atoms with Gasteiger partial charge in [-0.05, 0) is 43.5 Å². The van der Waals surface area contributed by atoms with E-state index in [0.717, 1.165) is 5.92 Å². The molecule has 0 bridgehead atoms. The Morgan fingerprint density at radius 1 is 1.23 bits per heavy atom. The van der Waals surface area contributed by atoms with Crippen LogP contribution in [0.5, 0.6) is 0 Å². The van der Waals surface area contributed by atoms with Gasteiger partial charge in [-0.1, -0.05) is 54.0 Å². The first-order valence-electron chi connectivity index (χ1n) is 5.36. The maximum Gasteiger partial charge on any atom is -0.000473 e. The molecule has 0 fully saturated rings. The molecule has 0 nitrogen and oxygen atoms in total. The van der Waals surface area contributed by atoms with Crippen molar-refractivity contribution in [3.05, 3.63) is 11.6 Å². The predicted molar refractivity (Wildman–Crippen MR) is 70.6 cm³/mol. The number of alkyl halides is 1. The molecule has 0 spiro atoms. The zero-order valence-corrected chi connectivity index (χ0v) is 11.4. The molecule has 0 aliphatic heterocycles. The van der Waals surface area contributed by atoms with Crippen molar-refractivity contribution in [1.29, 1.82) is 0 Å². The second kappa shape index (κ2) is 9.04. The molecule has 1 unspecified atom stereocenters. The highest BCUT2D eigenvalue weighted by atomic mass is 127. The Morgan fingerprint density at radius 2 is 1.92 bits per heavy atom. The minimum atomic E-state index is 0.915. The van der Waals surface area contributed by atoms with Crippen LogP contribution in [0.4, 0.5) is 0 Å². The van der Waals surface area contributed by atoms with Gasteiger partial charge in [-0.2, -0.15) is 0 Å². The van der Waals surface area contributed by atoms with Crippen LogP contribution in [0.15, 0.2) is 11.6 Å². The number of unbranched alkanes of at least 4 members (excludes halogenated alkanes) is 1. The first kappa shape index (κ1) is 13.5. The molecule has 0 heterocycles. The Morgan fingerprint density at radius 3 is 2.46 bits per heavy atom. The van der Waals surface area contributed by atoms with Crippen LogP contribution in [0, 0.1) is 5.92 Å². The molecule has 1 heteroatoms. The number of rotatable bonds is 7. The van der Waals surface area contributed by atoms with Crippen molar-refractivity contribution in [2.24, 2.45) is 5.92 Å². The zero-order valence-electron chi connectivity index (χ0n) is 9.28. The van der Waals surface area contributed by atoms with Gasteiger partial charge >= 0.3 is 0 Å². The Kier molecular flexibility index (Phi) is 9.37. The molecule has 0 N–H and O–H groups in total. The standard InChI is InChI=1S/C12H23I/c1-11(2)7-6-9-12(3)8-4-5-10-13/h7,12H,4-6,8-10H2,1-3H3. The highest BCUT2D eigenvalue weighted by Crippen LogP contribution is 2.15. The lowest BCUT2D eigenvalue weighted by Gasteiger charge is -2.08. The largest absolute Gasteiger partial charge is 0.0864 e. The molecule has 0 aliphatic rings. The van der Waals surface area contributed by atoms with E-state index in [1.165, 1.54) is 42.1 Å². The van der Waals surface area contributed by atoms with Gasteiger partial charge in [0.25, 0.3) is 0 Å². The number of hydrogen-bond acceptors (Lipinski definition) is 0. The van der Waals surface area contributed by atoms with E-state index in [9.17, 15) is 0 Å². The average Bonchev–Trinajstić information content (AvgIpc) is 2.04. The molecule has 0 rings (SSSR count). The smallest absolute Gasteiger partial charge is 0.000473 e. The van der Waals surface area contributed by atoms with Gasteiger partial charge in [0.15, 0.2) is 0 Å². The van der Waals surface area contributed by atoms with Crippen LogP contribution < -0.4 is 0 Å². The van der Waals surface area contributed by atoms with Crippen LogP contribution in [-0.4, -0.2) is 4.43 Å². The lowest BCUT2D eigenvalue weighted by molar-refractivity contribution is 0.477. The van der Waals surface area contributed by atoms with Gasteiger partial charge in [-0.25, -0.2) is 0 Å². The van der Waals surface area contributed by atoms with E-state index < -0.39 is 0 Å². The highest BCUT2D eigenvalue weighted by Gasteiger charge is 1.99. The maximum atomic E-state index is 2.46. The Balaban J connectivity index is 3.30. The fourth-order valence-electron chi connectivity index (χ4n) is 1.39. The van der Waals surface area contributed by atoms with E-state index in [4.69, 9.17) is 0 Å². The quantitative estimate of drug-likeness (QED) is 0.269. The van der Waals surface area contributed by atoms with Gasteiger partial charge in [0.1, 0.15) is 0 Å². The first-order chi connectivity index (χ1) is 6.16. The van der Waals surface area contributed by atoms with Gasteiger partial charge in [0, 0.05) is 0 Å². The second-order valence-electron chi connectivity index (χ2n) is 4.15. The zero-order chi connectivity index (χ0) is 10.1. The molecule has 0 aliphatic carbocycles. The average molecular weight is 294 g/mol. The summed E-state index contributed by atoms with van der Waals surface area (Å²) in [6.45, 7) is 6.74. The fourth-order valence-corrected chi connectivity index (χ4v) is 1.93. The fraction of sp³-hybridized carbons (Fsp3) is 0.833. The number of halogens is 1. The topological polar surface area (TPSA) is 0 Å². The van der Waals surface area contributed by atoms with Crippen molar-refractivity contribution in [1.82, 2.24) is 0 Å². The predicted octanol–water partition coefficient (Wildman–Crippen LogP) is 4.97. The molecule has 78 valence electrons. The van der Waals surface area contributed by atoms with Crippen molar-refractivity contribution >= 4 is 22.6 Å². The summed E-state index contributed by atoms with van der Waals surface area (Å²) >= 11 is 2.46. The van der Waals surface area contributed by atoms with Gasteiger partial charge in [-0.3, -0.25) is 0 Å². The molecule has 0 aromatic rings. The third-order valence-corrected chi connectivity index (χ3v) is 3.06. The molecular weight excluding hydrogens is 271 g/mol. The van der Waals surface area contributed by atoms with E-state index in [2.05, 4.69) is 49.4 Å². The summed E-state index contributed by atoms with van der Waals surface area (Å²) < 4.78 is 1.32. The van der Waals surface area contributed by atoms with Gasteiger partial charge < -0.3 is 0 Å². The van der Waals surface area contributed by atoms with E-state index in [0.29, 0.717) is 0 Å². The van der Waals surface area contributed by atoms with Gasteiger partial charge in [0.05, 0.1) is 0 Å². The Labute approximate surface area is 97.3 Å². The Hall–Kier alpha value is 0.470. The molecule has 0 aromatic heterocycles. The van der Waals surface area contributed by atoms with Crippen LogP contribution >= 0.6 is 22.6 Å². The number of allylic oxidation sites excluding steroid dienone is 2. The third kappa shape index (κ3) is 10.4. The van der Waals surface area contributed by atoms with Crippen LogP contribution in [0.2, 0.25) is 0 Å². The lowest BCUT2D eigenvalue weighted by Crippen LogP contribution is -1.94. The summed E-state index contributed by atoms with van der Waals surface area (Å²) in [7, 11) is 0. The molecule has 0 aromatic carbocycles. The monoisotopic (exact) mass is 294 g/mol. The maximum absolute atomic E-state index is 2.46. The number of hydrogen-bond donors (Lipinski definition) is 0. The first-order valence-corrected chi connectivity index (χ1v) is 6.88. The van der Waals surface area contributed by atoms with Crippen molar-refractivity contribution in [3.63, 3.8) is 0 Å². The third-order valence-electron chi connectivity index (χ3n) is 2.29. The molecule has 0 saturated heterocycles. The van der Waals surface area contributed by atoms with Crippen LogP contribution in [0.3, 0.4) is 0 Å². The SMILES string of the molecule is CC(C)=CCCC(C)CCCCI. The van der Waals surface area contributed by atoms with Crippen LogP contribution in [0.1, 0.15) is 52.9 Å². The Bertz CT molecular complexity index is 134. The lowest BCUT2D eigenvalue weighted by atomic mass is 9.98. The van der Waals surface area contributed by atoms with Crippen molar-refractivity contribution in [3.8, 4) is 0 Å². The minimum absolute atomic E-state index is 0.915. The summed E-state index contributed by atoms with van der Waals surface area (Å²) in [5, 5.41) is 0. The summed E-state index contributed by atoms with van der Waals surface area (Å²) in [5.74, 6) is 0.915. The summed E-state index contributed by atoms with van der Waals surface area (Å²) in [6, 6.07) is 0. The van der Waals surface area contributed by atoms with Crippen molar-refractivity contribution < 1.29 is 0 Å². The van der Waals surface area contributed by atoms with Crippen molar-refractivity contribution in [2.75, 3.05) is 4.43 Å². The summed E-state index contributed by atoms with van der Waals surface area (Å²) in [6.07, 6.45) is 9.22. The van der Waals surface area contributed by atoms with Gasteiger partial charge in [0.2, 0.25) is 0 Å². The molecule has 13 heavy (non-hydrogen) atoms. The minimum Gasteiger partial charge on any atom is -0.0864 e. The van der Waals surface area contributed by atoms with E-state index in [1.807, 2.05) is 0 Å². The summed E-state index contributed by atoms with van der Waals surface area (Å²) in [5.41, 5.74) is 1.46. The highest BCUT2D eigenvalue weighted by molar-refractivity contribution is 14.1. The summed E-state index contributed by atoms with van der Waals surface area (Å²) in [4.78, 5) is 0. The van der Waals surface area contributed by atoms with Crippen molar-refractivity contribution in [2.45, 2.75) is 52.9 Å². The van der Waals surface area contributed by atoms with Crippen LogP contribution in [-0.2, 0) is 0 Å².